The van der Waals surface area contributed by atoms with E-state index < -0.39 is 29.6 Å². The molecule has 2 atom stereocenters. The van der Waals surface area contributed by atoms with Crippen LogP contribution in [0.1, 0.15) is 24.2 Å². The van der Waals surface area contributed by atoms with Gasteiger partial charge in [-0.05, 0) is 13.0 Å². The summed E-state index contributed by atoms with van der Waals surface area (Å²) >= 11 is 0. The van der Waals surface area contributed by atoms with Gasteiger partial charge in [-0.25, -0.2) is 0 Å². The second-order valence-corrected chi connectivity index (χ2v) is 3.55. The average molecular weight is 235 g/mol. The summed E-state index contributed by atoms with van der Waals surface area (Å²) in [4.78, 5) is 0. The van der Waals surface area contributed by atoms with Crippen LogP contribution in [0.15, 0.2) is 18.2 Å². The van der Waals surface area contributed by atoms with Gasteiger partial charge in [-0.15, -0.1) is 0 Å². The van der Waals surface area contributed by atoms with Gasteiger partial charge < -0.3 is 15.9 Å². The van der Waals surface area contributed by atoms with E-state index in [0.717, 1.165) is 12.1 Å². The largest absolute Gasteiger partial charge is 0.507 e. The third-order valence-electron chi connectivity index (χ3n) is 2.19. The molecule has 0 aliphatic heterocycles. The number of nitrogens with two attached hydrogens (primary N) is 1. The second-order valence-electron chi connectivity index (χ2n) is 3.55. The number of rotatable bonds is 2. The van der Waals surface area contributed by atoms with E-state index in [1.807, 2.05) is 0 Å². The molecule has 1 aromatic carbocycles. The molecule has 2 unspecified atom stereocenters. The lowest BCUT2D eigenvalue weighted by Gasteiger charge is -2.18. The molecule has 0 saturated carbocycles. The first-order valence-corrected chi connectivity index (χ1v) is 4.58. The molecule has 1 aromatic rings. The second kappa shape index (κ2) is 4.31. The fourth-order valence-corrected chi connectivity index (χ4v) is 1.31. The molecule has 4 N–H and O–H groups in total. The van der Waals surface area contributed by atoms with E-state index in [2.05, 4.69) is 0 Å². The van der Waals surface area contributed by atoms with Crippen molar-refractivity contribution in [3.05, 3.63) is 29.3 Å². The molecule has 90 valence electrons. The highest BCUT2D eigenvalue weighted by molar-refractivity contribution is 5.43. The highest BCUT2D eigenvalue weighted by atomic mass is 19.4. The van der Waals surface area contributed by atoms with Crippen molar-refractivity contribution in [2.75, 3.05) is 0 Å². The summed E-state index contributed by atoms with van der Waals surface area (Å²) in [5.41, 5.74) is 3.96. The standard InChI is InChI=1S/C10H12F3NO2/c1-5(14)8(15)6-3-2-4-7(9(6)16)10(11,12)13/h2-5,8,15-16H,14H2,1H3. The first-order valence-electron chi connectivity index (χ1n) is 4.58. The Hall–Kier alpha value is -1.27. The van der Waals surface area contributed by atoms with Crippen LogP contribution in [0.4, 0.5) is 13.2 Å². The fraction of sp³-hybridized carbons (Fsp3) is 0.400. The number of aliphatic hydroxyl groups is 1. The van der Waals surface area contributed by atoms with Crippen LogP contribution in [0.3, 0.4) is 0 Å². The lowest BCUT2D eigenvalue weighted by Crippen LogP contribution is -2.24. The predicted octanol–water partition coefficient (Wildman–Crippen LogP) is 1.79. The summed E-state index contributed by atoms with van der Waals surface area (Å²) in [6.45, 7) is 1.43. The molecule has 0 aliphatic carbocycles. The minimum absolute atomic E-state index is 0.218. The Bertz CT molecular complexity index is 377. The van der Waals surface area contributed by atoms with E-state index in [1.54, 1.807) is 0 Å². The zero-order chi connectivity index (χ0) is 12.5. The maximum absolute atomic E-state index is 12.4. The van der Waals surface area contributed by atoms with Gasteiger partial charge in [0.05, 0.1) is 11.7 Å². The number of hydrogen-bond acceptors (Lipinski definition) is 3. The summed E-state index contributed by atoms with van der Waals surface area (Å²) in [5.74, 6) is -0.972. The lowest BCUT2D eigenvalue weighted by atomic mass is 10.00. The number of aliphatic hydroxyl groups excluding tert-OH is 1. The molecule has 3 nitrogen and oxygen atoms in total. The number of phenols is 1. The van der Waals surface area contributed by atoms with Crippen molar-refractivity contribution in [2.45, 2.75) is 25.2 Å². The van der Waals surface area contributed by atoms with Crippen LogP contribution in [0.2, 0.25) is 0 Å². The molecule has 1 rings (SSSR count). The van der Waals surface area contributed by atoms with Crippen LogP contribution in [-0.4, -0.2) is 16.3 Å². The smallest absolute Gasteiger partial charge is 0.419 e. The van der Waals surface area contributed by atoms with E-state index >= 15 is 0 Å². The van der Waals surface area contributed by atoms with Crippen LogP contribution < -0.4 is 5.73 Å². The normalized spacial score (nSPS) is 15.9. The fourth-order valence-electron chi connectivity index (χ4n) is 1.31. The monoisotopic (exact) mass is 235 g/mol. The molecule has 0 saturated heterocycles. The maximum atomic E-state index is 12.4. The number of aromatic hydroxyl groups is 1. The SMILES string of the molecule is CC(N)C(O)c1cccc(C(F)(F)F)c1O. The minimum Gasteiger partial charge on any atom is -0.507 e. The molecule has 0 amide bonds. The number of alkyl halides is 3. The van der Waals surface area contributed by atoms with Gasteiger partial charge in [-0.2, -0.15) is 13.2 Å². The molecule has 16 heavy (non-hydrogen) atoms. The molecular formula is C10H12F3NO2. The molecular weight excluding hydrogens is 223 g/mol. The zero-order valence-electron chi connectivity index (χ0n) is 8.49. The number of hydrogen-bond donors (Lipinski definition) is 3. The van der Waals surface area contributed by atoms with Gasteiger partial charge in [-0.1, -0.05) is 12.1 Å². The Labute approximate surface area is 90.3 Å². The van der Waals surface area contributed by atoms with Crippen LogP contribution in [-0.2, 0) is 6.18 Å². The summed E-state index contributed by atoms with van der Waals surface area (Å²) in [6.07, 6.45) is -5.99. The molecule has 6 heteroatoms. The predicted molar refractivity (Wildman–Crippen MR) is 51.7 cm³/mol. The molecule has 0 aromatic heterocycles. The van der Waals surface area contributed by atoms with Crippen molar-refractivity contribution in [1.82, 2.24) is 0 Å². The van der Waals surface area contributed by atoms with E-state index in [-0.39, 0.29) is 5.56 Å². The highest BCUT2D eigenvalue weighted by Crippen LogP contribution is 2.39. The average Bonchev–Trinajstić information content (AvgIpc) is 2.15. The third kappa shape index (κ3) is 2.45. The van der Waals surface area contributed by atoms with Crippen molar-refractivity contribution < 1.29 is 23.4 Å². The Morgan fingerprint density at radius 3 is 2.31 bits per heavy atom. The quantitative estimate of drug-likeness (QED) is 0.732. The molecule has 0 spiro atoms. The minimum atomic E-state index is -4.66. The van der Waals surface area contributed by atoms with E-state index in [1.165, 1.54) is 13.0 Å². The Morgan fingerprint density at radius 2 is 1.88 bits per heavy atom. The van der Waals surface area contributed by atoms with Crippen molar-refractivity contribution in [3.8, 4) is 5.75 Å². The van der Waals surface area contributed by atoms with Crippen LogP contribution in [0.25, 0.3) is 0 Å². The van der Waals surface area contributed by atoms with Crippen molar-refractivity contribution in [3.63, 3.8) is 0 Å². The first kappa shape index (κ1) is 12.8. The summed E-state index contributed by atoms with van der Waals surface area (Å²) in [5, 5.41) is 18.9. The first-order chi connectivity index (χ1) is 7.25. The summed E-state index contributed by atoms with van der Waals surface area (Å²) in [6, 6.07) is 2.30. The molecule has 0 heterocycles. The van der Waals surface area contributed by atoms with Crippen LogP contribution in [0, 0.1) is 0 Å². The van der Waals surface area contributed by atoms with Gasteiger partial charge in [0.1, 0.15) is 5.75 Å². The molecule has 0 bridgehead atoms. The highest BCUT2D eigenvalue weighted by Gasteiger charge is 2.35. The number of phenolic OH excluding ortho intramolecular Hbond substituents is 1. The van der Waals surface area contributed by atoms with E-state index in [4.69, 9.17) is 5.73 Å². The van der Waals surface area contributed by atoms with Crippen molar-refractivity contribution in [2.24, 2.45) is 5.73 Å². The summed E-state index contributed by atoms with van der Waals surface area (Å²) < 4.78 is 37.3. The van der Waals surface area contributed by atoms with Gasteiger partial charge in [-0.3, -0.25) is 0 Å². The van der Waals surface area contributed by atoms with Crippen LogP contribution >= 0.6 is 0 Å². The van der Waals surface area contributed by atoms with Gasteiger partial charge in [0, 0.05) is 11.6 Å². The number of para-hydroxylation sites is 1. The third-order valence-corrected chi connectivity index (χ3v) is 2.19. The van der Waals surface area contributed by atoms with Crippen molar-refractivity contribution >= 4 is 0 Å². The van der Waals surface area contributed by atoms with E-state index in [9.17, 15) is 23.4 Å². The zero-order valence-corrected chi connectivity index (χ0v) is 8.49. The molecule has 0 aliphatic rings. The number of halogens is 3. The topological polar surface area (TPSA) is 66.5 Å². The van der Waals surface area contributed by atoms with Gasteiger partial charge in [0.2, 0.25) is 0 Å². The Balaban J connectivity index is 3.24. The van der Waals surface area contributed by atoms with Gasteiger partial charge in [0.15, 0.2) is 0 Å². The van der Waals surface area contributed by atoms with E-state index in [0.29, 0.717) is 0 Å². The lowest BCUT2D eigenvalue weighted by molar-refractivity contribution is -0.138. The van der Waals surface area contributed by atoms with Crippen molar-refractivity contribution in [1.29, 1.82) is 0 Å². The van der Waals surface area contributed by atoms with Gasteiger partial charge in [0.25, 0.3) is 0 Å². The van der Waals surface area contributed by atoms with Crippen LogP contribution in [0.5, 0.6) is 5.75 Å². The number of benzene rings is 1. The summed E-state index contributed by atoms with van der Waals surface area (Å²) in [7, 11) is 0. The Kier molecular flexibility index (Phi) is 3.44. The maximum Gasteiger partial charge on any atom is 0.419 e. The Morgan fingerprint density at radius 1 is 1.31 bits per heavy atom. The molecule has 0 fully saturated rings. The van der Waals surface area contributed by atoms with Gasteiger partial charge >= 0.3 is 6.18 Å². The molecule has 0 radical (unpaired) electrons.